The van der Waals surface area contributed by atoms with Crippen molar-refractivity contribution in [3.8, 4) is 22.6 Å². The van der Waals surface area contributed by atoms with E-state index in [0.717, 1.165) is 6.26 Å². The molecule has 0 spiro atoms. The number of rotatable bonds is 11. The summed E-state index contributed by atoms with van der Waals surface area (Å²) in [4.78, 5) is 24.5. The van der Waals surface area contributed by atoms with E-state index in [1.165, 1.54) is 36.3 Å². The molecule has 1 amide bonds. The summed E-state index contributed by atoms with van der Waals surface area (Å²) >= 11 is 0. The molecule has 11 heteroatoms. The lowest BCUT2D eigenvalue weighted by Crippen LogP contribution is -2.49. The minimum atomic E-state index is -3.86. The number of benzene rings is 1. The van der Waals surface area contributed by atoms with Crippen LogP contribution in [0.25, 0.3) is 11.1 Å². The first-order chi connectivity index (χ1) is 15.1. The lowest BCUT2D eigenvalue weighted by atomic mass is 10.1. The van der Waals surface area contributed by atoms with Gasteiger partial charge in [0.05, 0.1) is 13.7 Å². The smallest absolute Gasteiger partial charge is 0.264 e. The van der Waals surface area contributed by atoms with Gasteiger partial charge in [0.15, 0.2) is 26.1 Å². The SMILES string of the molecule is COc1cc(-c2ccn(CCC(C)(C(=O)NO)S(C)(=O)=O)c(=O)c2)ccc1OCCCO. The Morgan fingerprint density at radius 2 is 1.88 bits per heavy atom. The van der Waals surface area contributed by atoms with Gasteiger partial charge in [-0.3, -0.25) is 14.8 Å². The second-order valence-electron chi connectivity index (χ2n) is 7.43. The number of aryl methyl sites for hydroxylation is 1. The number of aliphatic hydroxyl groups excluding tert-OH is 1. The number of amides is 1. The second-order valence-corrected chi connectivity index (χ2v) is 9.88. The highest BCUT2D eigenvalue weighted by Gasteiger charge is 2.43. The number of hydrogen-bond donors (Lipinski definition) is 3. The van der Waals surface area contributed by atoms with Gasteiger partial charge in [-0.25, -0.2) is 13.9 Å². The number of nitrogens with zero attached hydrogens (tertiary/aromatic N) is 1. The van der Waals surface area contributed by atoms with Crippen molar-refractivity contribution >= 4 is 15.7 Å². The average Bonchev–Trinajstić information content (AvgIpc) is 2.76. The van der Waals surface area contributed by atoms with E-state index in [2.05, 4.69) is 0 Å². The molecule has 0 bridgehead atoms. The van der Waals surface area contributed by atoms with Crippen LogP contribution >= 0.6 is 0 Å². The molecule has 0 saturated carbocycles. The molecule has 1 atom stereocenters. The number of ether oxygens (including phenoxy) is 2. The van der Waals surface area contributed by atoms with Gasteiger partial charge in [-0.15, -0.1) is 0 Å². The Kier molecular flexibility index (Phi) is 8.42. The number of pyridine rings is 1. The standard InChI is InChI=1S/C21H28N2O8S/c1-21(20(26)22-27,32(3,28)29)8-10-23-9-7-16(14-19(23)25)15-5-6-17(18(13-15)30-2)31-12-4-11-24/h5-7,9,13-14,24,27H,4,8,10-12H2,1-3H3,(H,22,26). The summed E-state index contributed by atoms with van der Waals surface area (Å²) in [6.07, 6.45) is 2.70. The third-order valence-electron chi connectivity index (χ3n) is 5.28. The van der Waals surface area contributed by atoms with Gasteiger partial charge < -0.3 is 19.1 Å². The van der Waals surface area contributed by atoms with Gasteiger partial charge in [0.1, 0.15) is 0 Å². The summed E-state index contributed by atoms with van der Waals surface area (Å²) in [6, 6.07) is 8.28. The number of carbonyl (C=O) groups is 1. The molecule has 0 saturated heterocycles. The summed E-state index contributed by atoms with van der Waals surface area (Å²) in [5.74, 6) is -0.0677. The summed E-state index contributed by atoms with van der Waals surface area (Å²) in [7, 11) is -2.36. The van der Waals surface area contributed by atoms with Crippen LogP contribution < -0.4 is 20.5 Å². The first-order valence-corrected chi connectivity index (χ1v) is 11.7. The fourth-order valence-electron chi connectivity index (χ4n) is 3.00. The monoisotopic (exact) mass is 468 g/mol. The Hall–Kier alpha value is -2.89. The van der Waals surface area contributed by atoms with Gasteiger partial charge >= 0.3 is 0 Å². The number of hydroxylamine groups is 1. The Balaban J connectivity index is 2.25. The first kappa shape index (κ1) is 25.4. The normalized spacial score (nSPS) is 13.3. The number of nitrogens with one attached hydrogen (secondary N) is 1. The predicted octanol–water partition coefficient (Wildman–Crippen LogP) is 0.984. The van der Waals surface area contributed by atoms with Crippen LogP contribution in [0.2, 0.25) is 0 Å². The maximum absolute atomic E-state index is 12.6. The fourth-order valence-corrected chi connectivity index (χ4v) is 3.85. The molecule has 0 aliphatic rings. The predicted molar refractivity (Wildman–Crippen MR) is 118 cm³/mol. The number of methoxy groups -OCH3 is 1. The van der Waals surface area contributed by atoms with Crippen LogP contribution in [-0.2, 0) is 21.2 Å². The molecule has 1 aromatic carbocycles. The van der Waals surface area contributed by atoms with Crippen LogP contribution in [0.3, 0.4) is 0 Å². The summed E-state index contributed by atoms with van der Waals surface area (Å²) < 4.78 is 34.5. The molecule has 1 unspecified atom stereocenters. The molecule has 0 aliphatic heterocycles. The van der Waals surface area contributed by atoms with E-state index in [0.29, 0.717) is 35.7 Å². The fraction of sp³-hybridized carbons (Fsp3) is 0.429. The summed E-state index contributed by atoms with van der Waals surface area (Å²) in [5.41, 5.74) is 2.33. The van der Waals surface area contributed by atoms with E-state index >= 15 is 0 Å². The van der Waals surface area contributed by atoms with E-state index in [1.807, 2.05) is 0 Å². The van der Waals surface area contributed by atoms with E-state index in [1.54, 1.807) is 24.3 Å². The maximum atomic E-state index is 12.6. The molecule has 2 rings (SSSR count). The van der Waals surface area contributed by atoms with Gasteiger partial charge in [-0.1, -0.05) is 6.07 Å². The molecule has 0 fully saturated rings. The Bertz CT molecular complexity index is 1110. The molecule has 10 nitrogen and oxygen atoms in total. The van der Waals surface area contributed by atoms with Crippen molar-refractivity contribution in [1.29, 1.82) is 0 Å². The molecule has 1 aromatic heterocycles. The largest absolute Gasteiger partial charge is 0.493 e. The van der Waals surface area contributed by atoms with Crippen LogP contribution in [0.15, 0.2) is 41.3 Å². The Labute approximate surface area is 186 Å². The number of aliphatic hydroxyl groups is 1. The molecule has 0 radical (unpaired) electrons. The van der Waals surface area contributed by atoms with Gasteiger partial charge in [0.25, 0.3) is 11.5 Å². The molecular weight excluding hydrogens is 440 g/mol. The van der Waals surface area contributed by atoms with Crippen molar-refractivity contribution in [3.05, 3.63) is 46.9 Å². The van der Waals surface area contributed by atoms with Crippen molar-refractivity contribution in [2.24, 2.45) is 0 Å². The van der Waals surface area contributed by atoms with E-state index in [-0.39, 0.29) is 25.1 Å². The zero-order valence-electron chi connectivity index (χ0n) is 18.2. The van der Waals surface area contributed by atoms with Gasteiger partial charge in [-0.2, -0.15) is 0 Å². The summed E-state index contributed by atoms with van der Waals surface area (Å²) in [5, 5.41) is 17.8. The molecular formula is C21H28N2O8S. The average molecular weight is 469 g/mol. The molecule has 1 heterocycles. The highest BCUT2D eigenvalue weighted by molar-refractivity contribution is 7.92. The van der Waals surface area contributed by atoms with Crippen LogP contribution in [0.4, 0.5) is 0 Å². The zero-order chi connectivity index (χ0) is 23.9. The van der Waals surface area contributed by atoms with Crippen molar-refractivity contribution in [2.45, 2.75) is 31.1 Å². The third kappa shape index (κ3) is 5.67. The topological polar surface area (TPSA) is 144 Å². The van der Waals surface area contributed by atoms with Crippen LogP contribution in [-0.4, -0.2) is 60.5 Å². The highest BCUT2D eigenvalue weighted by atomic mass is 32.2. The lowest BCUT2D eigenvalue weighted by Gasteiger charge is -2.25. The first-order valence-electron chi connectivity index (χ1n) is 9.84. The minimum absolute atomic E-state index is 0.0186. The van der Waals surface area contributed by atoms with E-state index in [4.69, 9.17) is 19.8 Å². The number of hydrogen-bond acceptors (Lipinski definition) is 8. The van der Waals surface area contributed by atoms with Crippen molar-refractivity contribution in [2.75, 3.05) is 26.6 Å². The van der Waals surface area contributed by atoms with Gasteiger partial charge in [0, 0.05) is 38.1 Å². The van der Waals surface area contributed by atoms with Crippen LogP contribution in [0.1, 0.15) is 19.8 Å². The van der Waals surface area contributed by atoms with Crippen LogP contribution in [0.5, 0.6) is 11.5 Å². The van der Waals surface area contributed by atoms with Gasteiger partial charge in [0.2, 0.25) is 0 Å². The van der Waals surface area contributed by atoms with Crippen molar-refractivity contribution in [1.82, 2.24) is 10.0 Å². The highest BCUT2D eigenvalue weighted by Crippen LogP contribution is 2.32. The van der Waals surface area contributed by atoms with Crippen molar-refractivity contribution in [3.63, 3.8) is 0 Å². The molecule has 3 N–H and O–H groups in total. The quantitative estimate of drug-likeness (QED) is 0.252. The van der Waals surface area contributed by atoms with Crippen molar-refractivity contribution < 1.29 is 33.0 Å². The molecule has 176 valence electrons. The van der Waals surface area contributed by atoms with E-state index in [9.17, 15) is 18.0 Å². The number of sulfone groups is 1. The molecule has 0 aliphatic carbocycles. The second kappa shape index (κ2) is 10.6. The third-order valence-corrected chi connectivity index (χ3v) is 7.31. The Morgan fingerprint density at radius 3 is 2.44 bits per heavy atom. The van der Waals surface area contributed by atoms with Gasteiger partial charge in [-0.05, 0) is 42.7 Å². The molecule has 2 aromatic rings. The maximum Gasteiger partial charge on any atom is 0.264 e. The summed E-state index contributed by atoms with van der Waals surface area (Å²) in [6.45, 7) is 1.51. The van der Waals surface area contributed by atoms with Crippen LogP contribution in [0, 0.1) is 0 Å². The molecule has 32 heavy (non-hydrogen) atoms. The Morgan fingerprint density at radius 1 is 1.19 bits per heavy atom. The minimum Gasteiger partial charge on any atom is -0.493 e. The lowest BCUT2D eigenvalue weighted by molar-refractivity contribution is -0.131. The number of aromatic nitrogens is 1. The zero-order valence-corrected chi connectivity index (χ0v) is 19.0. The number of carbonyl (C=O) groups excluding carboxylic acids is 1. The van der Waals surface area contributed by atoms with E-state index < -0.39 is 20.5 Å².